The van der Waals surface area contributed by atoms with E-state index in [0.29, 0.717) is 23.9 Å². The maximum Gasteiger partial charge on any atom is 0.349 e. The molecule has 12 heteroatoms. The molecule has 2 aliphatic heterocycles. The molecule has 2 atom stereocenters. The van der Waals surface area contributed by atoms with Crippen molar-refractivity contribution in [2.75, 3.05) is 25.0 Å². The van der Waals surface area contributed by atoms with Crippen LogP contribution in [-0.2, 0) is 6.54 Å². The number of aromatic amines is 1. The first-order valence-corrected chi connectivity index (χ1v) is 15.2. The van der Waals surface area contributed by atoms with E-state index in [1.807, 2.05) is 18.3 Å². The van der Waals surface area contributed by atoms with Crippen molar-refractivity contribution >= 4 is 38.5 Å². The van der Waals surface area contributed by atoms with Crippen LogP contribution in [0.3, 0.4) is 0 Å². The fraction of sp³-hybridized carbons (Fsp3) is 0.294. The molecule has 3 N–H and O–H groups in total. The highest BCUT2D eigenvalue weighted by molar-refractivity contribution is 6.00. The Bertz CT molecular complexity index is 2220. The number of benzene rings is 2. The predicted octanol–water partition coefficient (Wildman–Crippen LogP) is 6.00. The predicted molar refractivity (Wildman–Crippen MR) is 169 cm³/mol. The Morgan fingerprint density at radius 3 is 2.98 bits per heavy atom. The van der Waals surface area contributed by atoms with Gasteiger partial charge in [-0.05, 0) is 67.6 Å². The van der Waals surface area contributed by atoms with Crippen molar-refractivity contribution in [3.63, 3.8) is 0 Å². The highest BCUT2D eigenvalue weighted by atomic mass is 19.1. The first kappa shape index (κ1) is 28.4. The van der Waals surface area contributed by atoms with E-state index in [1.165, 1.54) is 18.2 Å². The van der Waals surface area contributed by atoms with Crippen LogP contribution in [0.15, 0.2) is 64.1 Å². The number of nitrogens with zero attached hydrogens (tertiary/aromatic N) is 4. The quantitative estimate of drug-likeness (QED) is 0.196. The molecule has 10 nitrogen and oxygen atoms in total. The number of H-pyrrole nitrogens is 1. The van der Waals surface area contributed by atoms with Crippen LogP contribution in [0.25, 0.3) is 44.0 Å². The summed E-state index contributed by atoms with van der Waals surface area (Å²) in [4.78, 5) is 32.6. The summed E-state index contributed by atoms with van der Waals surface area (Å²) in [5, 5.41) is 15.4. The lowest BCUT2D eigenvalue weighted by Gasteiger charge is -2.30. The number of nitrogens with one attached hydrogen (secondary N) is 2. The first-order chi connectivity index (χ1) is 22.3. The molecule has 0 aliphatic carbocycles. The molecule has 0 saturated carbocycles. The number of alkyl halides is 1. The molecule has 0 radical (unpaired) electrons. The number of aromatic hydroxyl groups is 1. The number of anilines is 1. The number of phenols is 1. The SMILES string of the molecule is Cc1c(-c2cc(O)cc3cccc(F)c23)oc(=O)c2c(NCc3cnc4[nH]ccc4c3)nc(OC[C@@]34CCCN3C[C@H](F)C4)nc12. The van der Waals surface area contributed by atoms with Crippen LogP contribution >= 0.6 is 0 Å². The van der Waals surface area contributed by atoms with Gasteiger partial charge in [-0.3, -0.25) is 4.90 Å². The molecular formula is C34H30F2N6O4. The van der Waals surface area contributed by atoms with Gasteiger partial charge in [-0.15, -0.1) is 0 Å². The molecule has 234 valence electrons. The highest BCUT2D eigenvalue weighted by Gasteiger charge is 2.49. The summed E-state index contributed by atoms with van der Waals surface area (Å²) in [5.74, 6) is -0.377. The van der Waals surface area contributed by atoms with Crippen LogP contribution in [0, 0.1) is 12.7 Å². The summed E-state index contributed by atoms with van der Waals surface area (Å²) in [6.07, 6.45) is 4.76. The maximum absolute atomic E-state index is 15.2. The van der Waals surface area contributed by atoms with Crippen molar-refractivity contribution in [1.82, 2.24) is 24.8 Å². The molecule has 0 amide bonds. The average molecular weight is 625 g/mol. The lowest BCUT2D eigenvalue weighted by Crippen LogP contribution is -2.43. The highest BCUT2D eigenvalue weighted by Crippen LogP contribution is 2.41. The van der Waals surface area contributed by atoms with Gasteiger partial charge >= 0.3 is 11.6 Å². The Hall–Kier alpha value is -5.10. The van der Waals surface area contributed by atoms with Gasteiger partial charge in [0.25, 0.3) is 0 Å². The number of rotatable bonds is 7. The average Bonchev–Trinajstić information content (AvgIpc) is 3.74. The summed E-state index contributed by atoms with van der Waals surface area (Å²) in [7, 11) is 0. The Morgan fingerprint density at radius 1 is 1.20 bits per heavy atom. The third-order valence-corrected chi connectivity index (χ3v) is 9.29. The monoisotopic (exact) mass is 624 g/mol. The second-order valence-electron chi connectivity index (χ2n) is 12.2. The van der Waals surface area contributed by atoms with Gasteiger partial charge in [0, 0.05) is 53.8 Å². The Balaban J connectivity index is 1.25. The summed E-state index contributed by atoms with van der Waals surface area (Å²) >= 11 is 0. The number of aryl methyl sites for hydroxylation is 1. The Labute approximate surface area is 261 Å². The van der Waals surface area contributed by atoms with E-state index in [4.69, 9.17) is 9.15 Å². The zero-order valence-corrected chi connectivity index (χ0v) is 24.9. The summed E-state index contributed by atoms with van der Waals surface area (Å²) in [6, 6.07) is 11.2. The number of pyridine rings is 1. The molecule has 6 heterocycles. The number of phenolic OH excluding ortho intramolecular Hbond substituents is 1. The second-order valence-corrected chi connectivity index (χ2v) is 12.2. The summed E-state index contributed by atoms with van der Waals surface area (Å²) in [5.41, 5.74) is 1.33. The van der Waals surface area contributed by atoms with Gasteiger partial charge in [0.2, 0.25) is 0 Å². The van der Waals surface area contributed by atoms with Crippen LogP contribution in [0.1, 0.15) is 30.4 Å². The van der Waals surface area contributed by atoms with E-state index in [-0.39, 0.29) is 58.3 Å². The minimum Gasteiger partial charge on any atom is -0.508 e. The van der Waals surface area contributed by atoms with Crippen molar-refractivity contribution in [3.05, 3.63) is 82.2 Å². The van der Waals surface area contributed by atoms with Gasteiger partial charge in [-0.25, -0.2) is 18.6 Å². The molecule has 8 rings (SSSR count). The molecule has 0 bridgehead atoms. The van der Waals surface area contributed by atoms with Gasteiger partial charge in [0.05, 0.1) is 11.1 Å². The number of ether oxygens (including phenoxy) is 1. The second kappa shape index (κ2) is 10.8. The van der Waals surface area contributed by atoms with Crippen molar-refractivity contribution in [3.8, 4) is 23.1 Å². The molecule has 2 aliphatic rings. The molecule has 0 spiro atoms. The largest absolute Gasteiger partial charge is 0.508 e. The lowest BCUT2D eigenvalue weighted by atomic mass is 9.95. The molecule has 0 unspecified atom stereocenters. The van der Waals surface area contributed by atoms with Crippen LogP contribution < -0.4 is 15.7 Å². The van der Waals surface area contributed by atoms with Crippen molar-refractivity contribution in [1.29, 1.82) is 0 Å². The number of hydrogen-bond donors (Lipinski definition) is 3. The summed E-state index contributed by atoms with van der Waals surface area (Å²) in [6.45, 7) is 3.38. The Morgan fingerprint density at radius 2 is 2.09 bits per heavy atom. The van der Waals surface area contributed by atoms with Crippen LogP contribution in [0.4, 0.5) is 14.6 Å². The van der Waals surface area contributed by atoms with Crippen LogP contribution in [0.2, 0.25) is 0 Å². The normalized spacial score (nSPS) is 19.8. The fourth-order valence-electron chi connectivity index (χ4n) is 7.14. The van der Waals surface area contributed by atoms with E-state index in [2.05, 4.69) is 30.2 Å². The van der Waals surface area contributed by atoms with E-state index < -0.39 is 23.2 Å². The smallest absolute Gasteiger partial charge is 0.349 e. The minimum atomic E-state index is -0.920. The molecule has 4 aromatic heterocycles. The molecule has 6 aromatic rings. The number of hydrogen-bond acceptors (Lipinski definition) is 9. The topological polar surface area (TPSA) is 129 Å². The zero-order chi connectivity index (χ0) is 31.6. The van der Waals surface area contributed by atoms with Crippen LogP contribution in [-0.4, -0.2) is 61.3 Å². The molecule has 2 fully saturated rings. The van der Waals surface area contributed by atoms with Gasteiger partial charge in [-0.1, -0.05) is 12.1 Å². The van der Waals surface area contributed by atoms with E-state index in [0.717, 1.165) is 36.0 Å². The standard InChI is InChI=1S/C34H30F2N6O4/c1-18-28-27(32(44)46-29(18)24-12-23(43)11-20-4-2-5-25(36)26(20)24)31(39-15-19-10-21-6-8-37-30(21)38-14-19)41-33(40-28)45-17-34-7-3-9-42(34)16-22(35)13-34/h2,4-6,8,10-12,14,22,43H,3,7,9,13,15-17H2,1H3,(H,37,38)(H,39,40,41)/t22-,34+/m1/s1. The number of aromatic nitrogens is 4. The van der Waals surface area contributed by atoms with E-state index in [1.54, 1.807) is 25.3 Å². The third-order valence-electron chi connectivity index (χ3n) is 9.29. The van der Waals surface area contributed by atoms with Crippen LogP contribution in [0.5, 0.6) is 11.8 Å². The number of fused-ring (bicyclic) bond motifs is 4. The fourth-order valence-corrected chi connectivity index (χ4v) is 7.14. The molecule has 2 aromatic carbocycles. The molecule has 2 saturated heterocycles. The van der Waals surface area contributed by atoms with Crippen molar-refractivity contribution < 1.29 is 23.0 Å². The summed E-state index contributed by atoms with van der Waals surface area (Å²) < 4.78 is 41.7. The molecular weight excluding hydrogens is 594 g/mol. The van der Waals surface area contributed by atoms with Crippen molar-refractivity contribution in [2.45, 2.75) is 44.4 Å². The number of halogens is 2. The molecule has 46 heavy (non-hydrogen) atoms. The maximum atomic E-state index is 15.2. The van der Waals surface area contributed by atoms with E-state index in [9.17, 15) is 14.3 Å². The first-order valence-electron chi connectivity index (χ1n) is 15.2. The van der Waals surface area contributed by atoms with E-state index >= 15 is 4.39 Å². The van der Waals surface area contributed by atoms with Gasteiger partial charge in [-0.2, -0.15) is 9.97 Å². The van der Waals surface area contributed by atoms with Gasteiger partial charge < -0.3 is 24.6 Å². The minimum absolute atomic E-state index is 0.0179. The third kappa shape index (κ3) is 4.71. The van der Waals surface area contributed by atoms with Gasteiger partial charge in [0.15, 0.2) is 0 Å². The van der Waals surface area contributed by atoms with Crippen molar-refractivity contribution in [2.24, 2.45) is 0 Å². The Kier molecular flexibility index (Phi) is 6.64. The zero-order valence-electron chi connectivity index (χ0n) is 24.9. The van der Waals surface area contributed by atoms with Gasteiger partial charge in [0.1, 0.15) is 47.0 Å². The lowest BCUT2D eigenvalue weighted by molar-refractivity contribution is 0.107.